The number of nitrogens with one attached hydrogen (secondary N) is 1. The molecule has 0 atom stereocenters. The van der Waals surface area contributed by atoms with Crippen LogP contribution in [0, 0.1) is 6.92 Å². The third kappa shape index (κ3) is 4.52. The van der Waals surface area contributed by atoms with Crippen LogP contribution < -0.4 is 5.32 Å². The second kappa shape index (κ2) is 8.99. The number of aromatic nitrogens is 1. The van der Waals surface area contributed by atoms with E-state index < -0.39 is 24.5 Å². The van der Waals surface area contributed by atoms with E-state index in [0.717, 1.165) is 40.8 Å². The number of anilines is 1. The Bertz CT molecular complexity index is 1150. The van der Waals surface area contributed by atoms with Crippen LogP contribution in [-0.4, -0.2) is 36.5 Å². The van der Waals surface area contributed by atoms with Crippen molar-refractivity contribution in [3.8, 4) is 10.6 Å². The minimum absolute atomic E-state index is 0.152. The summed E-state index contributed by atoms with van der Waals surface area (Å²) in [6, 6.07) is 7.83. The van der Waals surface area contributed by atoms with E-state index in [-0.39, 0.29) is 5.69 Å². The number of rotatable bonds is 6. The summed E-state index contributed by atoms with van der Waals surface area (Å²) in [7, 11) is 1.31. The molecule has 2 heterocycles. The Morgan fingerprint density at radius 1 is 1.13 bits per heavy atom. The Hall–Kier alpha value is -3.04. The van der Waals surface area contributed by atoms with Crippen LogP contribution in [0.5, 0.6) is 0 Å². The molecule has 1 aliphatic rings. The maximum Gasteiger partial charge on any atom is 0.358 e. The van der Waals surface area contributed by atoms with Crippen LogP contribution in [0.15, 0.2) is 29.6 Å². The van der Waals surface area contributed by atoms with Crippen LogP contribution in [0.25, 0.3) is 10.6 Å². The average molecular weight is 457 g/mol. The van der Waals surface area contributed by atoms with Gasteiger partial charge in [0.1, 0.15) is 10.0 Å². The molecule has 0 saturated carbocycles. The molecule has 4 rings (SSSR count). The van der Waals surface area contributed by atoms with Crippen molar-refractivity contribution in [3.63, 3.8) is 0 Å². The number of amides is 1. The predicted octanol–water partition coefficient (Wildman–Crippen LogP) is 4.25. The number of carbonyl (C=O) groups excluding carboxylic acids is 3. The van der Waals surface area contributed by atoms with Crippen molar-refractivity contribution >= 4 is 45.5 Å². The number of aryl methyl sites for hydroxylation is 2. The molecule has 0 aliphatic heterocycles. The SMILES string of the molecule is COC(=O)c1c(NC(=O)COC(=O)c2csc(-c3ccc(C)cc3)n2)sc2c1CCC2. The molecule has 7 nitrogen and oxygen atoms in total. The molecular formula is C22H20N2O5S2. The van der Waals surface area contributed by atoms with Crippen molar-refractivity contribution in [1.29, 1.82) is 0 Å². The summed E-state index contributed by atoms with van der Waals surface area (Å²) in [6.07, 6.45) is 2.64. The lowest BCUT2D eigenvalue weighted by molar-refractivity contribution is -0.119. The zero-order valence-electron chi connectivity index (χ0n) is 17.0. The van der Waals surface area contributed by atoms with Crippen LogP contribution in [0.3, 0.4) is 0 Å². The lowest BCUT2D eigenvalue weighted by atomic mass is 10.1. The van der Waals surface area contributed by atoms with Gasteiger partial charge in [0.25, 0.3) is 5.91 Å². The number of fused-ring (bicyclic) bond motifs is 1. The number of esters is 2. The molecule has 0 radical (unpaired) electrons. The van der Waals surface area contributed by atoms with E-state index in [1.807, 2.05) is 31.2 Å². The third-order valence-corrected chi connectivity index (χ3v) is 7.01. The van der Waals surface area contributed by atoms with Crippen molar-refractivity contribution < 1.29 is 23.9 Å². The lowest BCUT2D eigenvalue weighted by Gasteiger charge is -2.07. The van der Waals surface area contributed by atoms with Gasteiger partial charge >= 0.3 is 11.9 Å². The molecule has 0 saturated heterocycles. The smallest absolute Gasteiger partial charge is 0.358 e. The Labute approximate surface area is 187 Å². The quantitative estimate of drug-likeness (QED) is 0.557. The number of carbonyl (C=O) groups is 3. The highest BCUT2D eigenvalue weighted by Gasteiger charge is 2.28. The number of thiophene rings is 1. The van der Waals surface area contributed by atoms with Crippen LogP contribution in [0.4, 0.5) is 5.00 Å². The standard InChI is InChI=1S/C22H20N2O5S2/c1-12-6-8-13(9-7-12)19-23-15(11-30-19)21(26)29-10-17(25)24-20-18(22(27)28-2)14-4-3-5-16(14)31-20/h6-9,11H,3-5,10H2,1-2H3,(H,24,25). The van der Waals surface area contributed by atoms with Crippen LogP contribution >= 0.6 is 22.7 Å². The molecule has 9 heteroatoms. The fourth-order valence-corrected chi connectivity index (χ4v) is 5.46. The van der Waals surface area contributed by atoms with Gasteiger partial charge in [0.2, 0.25) is 0 Å². The van der Waals surface area contributed by atoms with E-state index in [9.17, 15) is 14.4 Å². The monoisotopic (exact) mass is 456 g/mol. The molecular weight excluding hydrogens is 436 g/mol. The topological polar surface area (TPSA) is 94.6 Å². The predicted molar refractivity (Wildman–Crippen MR) is 119 cm³/mol. The van der Waals surface area contributed by atoms with Crippen molar-refractivity contribution in [2.24, 2.45) is 0 Å². The molecule has 1 aromatic carbocycles. The number of nitrogens with zero attached hydrogens (tertiary/aromatic N) is 1. The summed E-state index contributed by atoms with van der Waals surface area (Å²) in [4.78, 5) is 42.2. The van der Waals surface area contributed by atoms with Crippen molar-refractivity contribution in [2.45, 2.75) is 26.2 Å². The van der Waals surface area contributed by atoms with Gasteiger partial charge in [-0.15, -0.1) is 22.7 Å². The molecule has 2 aromatic heterocycles. The van der Waals surface area contributed by atoms with Crippen molar-refractivity contribution in [3.05, 3.63) is 56.9 Å². The number of thiazole rings is 1. The Morgan fingerprint density at radius 3 is 2.65 bits per heavy atom. The fourth-order valence-electron chi connectivity index (χ4n) is 3.37. The highest BCUT2D eigenvalue weighted by Crippen LogP contribution is 2.39. The molecule has 31 heavy (non-hydrogen) atoms. The molecule has 1 N–H and O–H groups in total. The van der Waals surface area contributed by atoms with Crippen molar-refractivity contribution in [1.82, 2.24) is 4.98 Å². The summed E-state index contributed by atoms with van der Waals surface area (Å²) in [6.45, 7) is 1.52. The Kier molecular flexibility index (Phi) is 6.15. The normalized spacial score (nSPS) is 12.3. The van der Waals surface area contributed by atoms with E-state index >= 15 is 0 Å². The first-order chi connectivity index (χ1) is 15.0. The van der Waals surface area contributed by atoms with E-state index in [4.69, 9.17) is 9.47 Å². The van der Waals surface area contributed by atoms with Gasteiger partial charge in [-0.1, -0.05) is 29.8 Å². The van der Waals surface area contributed by atoms with E-state index in [0.29, 0.717) is 15.6 Å². The second-order valence-electron chi connectivity index (χ2n) is 7.08. The molecule has 0 fully saturated rings. The van der Waals surface area contributed by atoms with E-state index in [1.165, 1.54) is 29.8 Å². The first-order valence-electron chi connectivity index (χ1n) is 9.68. The lowest BCUT2D eigenvalue weighted by Crippen LogP contribution is -2.22. The van der Waals surface area contributed by atoms with Gasteiger partial charge in [-0.2, -0.15) is 0 Å². The minimum Gasteiger partial charge on any atom is -0.465 e. The van der Waals surface area contributed by atoms with E-state index in [1.54, 1.807) is 5.38 Å². The average Bonchev–Trinajstić information content (AvgIpc) is 3.48. The fraction of sp³-hybridized carbons (Fsp3) is 0.273. The Balaban J connectivity index is 1.38. The van der Waals surface area contributed by atoms with Gasteiger partial charge in [0.05, 0.1) is 12.7 Å². The number of ether oxygens (including phenoxy) is 2. The number of methoxy groups -OCH3 is 1. The molecule has 1 aliphatic carbocycles. The molecule has 0 bridgehead atoms. The summed E-state index contributed by atoms with van der Waals surface area (Å²) >= 11 is 2.70. The summed E-state index contributed by atoms with van der Waals surface area (Å²) in [5, 5.41) is 5.43. The Morgan fingerprint density at radius 2 is 1.90 bits per heavy atom. The largest absolute Gasteiger partial charge is 0.465 e. The summed E-state index contributed by atoms with van der Waals surface area (Å²) < 4.78 is 9.98. The van der Waals surface area contributed by atoms with Gasteiger partial charge in [-0.05, 0) is 31.7 Å². The van der Waals surface area contributed by atoms with E-state index in [2.05, 4.69) is 10.3 Å². The van der Waals surface area contributed by atoms with Crippen molar-refractivity contribution in [2.75, 3.05) is 19.0 Å². The maximum atomic E-state index is 12.3. The van der Waals surface area contributed by atoms with Gasteiger partial charge in [-0.3, -0.25) is 4.79 Å². The van der Waals surface area contributed by atoms with Crippen LogP contribution in [0.1, 0.15) is 43.3 Å². The van der Waals surface area contributed by atoms with Crippen LogP contribution in [-0.2, 0) is 27.1 Å². The third-order valence-electron chi connectivity index (χ3n) is 4.91. The molecule has 3 aromatic rings. The first-order valence-corrected chi connectivity index (χ1v) is 11.4. The summed E-state index contributed by atoms with van der Waals surface area (Å²) in [5.41, 5.74) is 3.54. The molecule has 160 valence electrons. The molecule has 0 unspecified atom stereocenters. The number of hydrogen-bond donors (Lipinski definition) is 1. The minimum atomic E-state index is -0.674. The van der Waals surface area contributed by atoms with Gasteiger partial charge in [0, 0.05) is 15.8 Å². The highest BCUT2D eigenvalue weighted by molar-refractivity contribution is 7.17. The van der Waals surface area contributed by atoms with Gasteiger partial charge in [0.15, 0.2) is 12.3 Å². The van der Waals surface area contributed by atoms with Crippen LogP contribution in [0.2, 0.25) is 0 Å². The first kappa shape index (κ1) is 21.2. The zero-order chi connectivity index (χ0) is 22.0. The molecule has 0 spiro atoms. The molecule has 1 amide bonds. The number of benzene rings is 1. The summed E-state index contributed by atoms with van der Waals surface area (Å²) in [5.74, 6) is -1.67. The second-order valence-corrected chi connectivity index (χ2v) is 9.04. The van der Waals surface area contributed by atoms with Gasteiger partial charge in [-0.25, -0.2) is 14.6 Å². The maximum absolute atomic E-state index is 12.3. The zero-order valence-corrected chi connectivity index (χ0v) is 18.7. The highest BCUT2D eigenvalue weighted by atomic mass is 32.1. The number of hydrogen-bond acceptors (Lipinski definition) is 8. The van der Waals surface area contributed by atoms with Gasteiger partial charge < -0.3 is 14.8 Å².